The van der Waals surface area contributed by atoms with E-state index in [1.807, 2.05) is 26.2 Å². The van der Waals surface area contributed by atoms with E-state index in [0.29, 0.717) is 12.5 Å². The van der Waals surface area contributed by atoms with Crippen LogP contribution in [0.5, 0.6) is 0 Å². The van der Waals surface area contributed by atoms with Gasteiger partial charge >= 0.3 is 0 Å². The lowest BCUT2D eigenvalue weighted by molar-refractivity contribution is 0.0813. The summed E-state index contributed by atoms with van der Waals surface area (Å²) in [5.74, 6) is 0. The van der Waals surface area contributed by atoms with Gasteiger partial charge in [0.15, 0.2) is 0 Å². The van der Waals surface area contributed by atoms with Crippen LogP contribution in [0.3, 0.4) is 0 Å². The standard InChI is InChI=1S/C28H36N6OS/c1-16(27(2,3)4)34(7)15-17-8-18(12-28(5,6)35)20-10-22(31-21(20)9-17)25-26-23(32-33-25)11-24(36-26)19-13-29-30-14-19/h8-11,13-14,16,31,35H,12,15H2,1-7H3,(H,29,30)(H,32,33). The lowest BCUT2D eigenvalue weighted by atomic mass is 9.87. The lowest BCUT2D eigenvalue weighted by Gasteiger charge is -2.35. The second-order valence-corrected chi connectivity index (χ2v) is 12.8. The van der Waals surface area contributed by atoms with Crippen LogP contribution in [-0.2, 0) is 13.0 Å². The zero-order valence-electron chi connectivity index (χ0n) is 22.2. The summed E-state index contributed by atoms with van der Waals surface area (Å²) in [5.41, 5.74) is 6.80. The first-order valence-corrected chi connectivity index (χ1v) is 13.3. The summed E-state index contributed by atoms with van der Waals surface area (Å²) in [6, 6.07) is 9.22. The quantitative estimate of drug-likeness (QED) is 0.208. The average Bonchev–Trinajstić information content (AvgIpc) is 3.53. The fourth-order valence-electron chi connectivity index (χ4n) is 4.82. The SMILES string of the molecule is CC(N(C)Cc1cc(CC(C)(C)O)c2cc(-c3n[nH]c4cc(-c5cn[nH]c5)sc34)[nH]c2c1)C(C)(C)C. The van der Waals surface area contributed by atoms with Crippen LogP contribution in [0.25, 0.3) is 42.9 Å². The summed E-state index contributed by atoms with van der Waals surface area (Å²) >= 11 is 1.70. The Morgan fingerprint density at radius 1 is 1.08 bits per heavy atom. The molecule has 4 heterocycles. The first kappa shape index (κ1) is 24.7. The van der Waals surface area contributed by atoms with Gasteiger partial charge < -0.3 is 10.1 Å². The number of aliphatic hydroxyl groups is 1. The van der Waals surface area contributed by atoms with Crippen molar-refractivity contribution in [2.75, 3.05) is 7.05 Å². The molecule has 1 unspecified atom stereocenters. The van der Waals surface area contributed by atoms with Crippen LogP contribution >= 0.6 is 11.3 Å². The summed E-state index contributed by atoms with van der Waals surface area (Å²) in [7, 11) is 2.19. The van der Waals surface area contributed by atoms with E-state index in [0.717, 1.165) is 55.1 Å². The van der Waals surface area contributed by atoms with Gasteiger partial charge in [0, 0.05) is 46.5 Å². The molecule has 4 N–H and O–H groups in total. The lowest BCUT2D eigenvalue weighted by Crippen LogP contribution is -2.38. The molecule has 0 aliphatic carbocycles. The van der Waals surface area contributed by atoms with Crippen molar-refractivity contribution < 1.29 is 5.11 Å². The number of nitrogens with zero attached hydrogens (tertiary/aromatic N) is 3. The minimum Gasteiger partial charge on any atom is -0.390 e. The fourth-order valence-corrected chi connectivity index (χ4v) is 5.92. The number of hydrogen-bond acceptors (Lipinski definition) is 5. The Bertz CT molecular complexity index is 1490. The van der Waals surface area contributed by atoms with Crippen LogP contribution in [0, 0.1) is 5.41 Å². The molecule has 0 fully saturated rings. The fraction of sp³-hybridized carbons (Fsp3) is 0.429. The Labute approximate surface area is 215 Å². The number of H-pyrrole nitrogens is 3. The van der Waals surface area contributed by atoms with Gasteiger partial charge in [-0.15, -0.1) is 11.3 Å². The summed E-state index contributed by atoms with van der Waals surface area (Å²) < 4.78 is 1.11. The molecule has 0 spiro atoms. The Morgan fingerprint density at radius 3 is 2.53 bits per heavy atom. The second-order valence-electron chi connectivity index (χ2n) is 11.8. The van der Waals surface area contributed by atoms with Gasteiger partial charge in [-0.2, -0.15) is 10.2 Å². The van der Waals surface area contributed by atoms with Gasteiger partial charge in [0.1, 0.15) is 5.69 Å². The highest BCUT2D eigenvalue weighted by Gasteiger charge is 2.25. The number of hydrogen-bond donors (Lipinski definition) is 4. The molecule has 7 nitrogen and oxygen atoms in total. The van der Waals surface area contributed by atoms with Gasteiger partial charge in [-0.25, -0.2) is 0 Å². The van der Waals surface area contributed by atoms with Crippen LogP contribution in [-0.4, -0.2) is 54.1 Å². The van der Waals surface area contributed by atoms with Crippen molar-refractivity contribution in [2.45, 2.75) is 66.2 Å². The smallest absolute Gasteiger partial charge is 0.126 e. The molecule has 4 aromatic heterocycles. The maximum absolute atomic E-state index is 10.7. The minimum absolute atomic E-state index is 0.190. The van der Waals surface area contributed by atoms with Gasteiger partial charge in [0.25, 0.3) is 0 Å². The number of rotatable bonds is 7. The molecule has 0 saturated carbocycles. The third-order valence-corrected chi connectivity index (χ3v) is 8.32. The van der Waals surface area contributed by atoms with Crippen molar-refractivity contribution in [1.29, 1.82) is 0 Å². The molecule has 8 heteroatoms. The molecule has 0 aliphatic rings. The van der Waals surface area contributed by atoms with E-state index in [1.165, 1.54) is 5.56 Å². The largest absolute Gasteiger partial charge is 0.390 e. The van der Waals surface area contributed by atoms with Crippen molar-refractivity contribution in [3.8, 4) is 21.8 Å². The molecule has 5 aromatic rings. The van der Waals surface area contributed by atoms with Crippen molar-refractivity contribution in [3.05, 3.63) is 47.8 Å². The summed E-state index contributed by atoms with van der Waals surface area (Å²) in [5, 5.41) is 26.6. The number of benzene rings is 1. The van der Waals surface area contributed by atoms with Gasteiger partial charge in [-0.05, 0) is 62.6 Å². The molecule has 5 rings (SSSR count). The van der Waals surface area contributed by atoms with Crippen molar-refractivity contribution in [3.63, 3.8) is 0 Å². The topological polar surface area (TPSA) is 96.6 Å². The predicted molar refractivity (Wildman–Crippen MR) is 149 cm³/mol. The van der Waals surface area contributed by atoms with Crippen LogP contribution < -0.4 is 0 Å². The Kier molecular flexibility index (Phi) is 6.09. The highest BCUT2D eigenvalue weighted by Crippen LogP contribution is 2.39. The average molecular weight is 505 g/mol. The highest BCUT2D eigenvalue weighted by molar-refractivity contribution is 7.22. The Hall–Kier alpha value is -2.94. The molecule has 190 valence electrons. The van der Waals surface area contributed by atoms with E-state index < -0.39 is 5.60 Å². The molecule has 1 atom stereocenters. The van der Waals surface area contributed by atoms with Crippen molar-refractivity contribution in [2.24, 2.45) is 5.41 Å². The molecular weight excluding hydrogens is 468 g/mol. The number of nitrogens with one attached hydrogen (secondary N) is 3. The van der Waals surface area contributed by atoms with Crippen LogP contribution in [0.1, 0.15) is 52.7 Å². The zero-order valence-corrected chi connectivity index (χ0v) is 23.0. The van der Waals surface area contributed by atoms with E-state index in [2.05, 4.69) is 89.3 Å². The summed E-state index contributed by atoms with van der Waals surface area (Å²) in [6.45, 7) is 13.7. The van der Waals surface area contributed by atoms with E-state index in [1.54, 1.807) is 11.3 Å². The molecule has 0 radical (unpaired) electrons. The molecule has 1 aromatic carbocycles. The molecule has 0 amide bonds. The maximum Gasteiger partial charge on any atom is 0.126 e. The third kappa shape index (κ3) is 4.85. The number of thiophene rings is 1. The zero-order chi connectivity index (χ0) is 25.8. The molecule has 0 aliphatic heterocycles. The van der Waals surface area contributed by atoms with Gasteiger partial charge in [-0.1, -0.05) is 26.8 Å². The van der Waals surface area contributed by atoms with Crippen molar-refractivity contribution >= 4 is 32.5 Å². The second kappa shape index (κ2) is 8.87. The van der Waals surface area contributed by atoms with E-state index in [4.69, 9.17) is 0 Å². The normalized spacial score (nSPS) is 13.9. The first-order valence-electron chi connectivity index (χ1n) is 12.4. The first-order chi connectivity index (χ1) is 16.9. The molecular formula is C28H36N6OS. The molecule has 36 heavy (non-hydrogen) atoms. The summed E-state index contributed by atoms with van der Waals surface area (Å²) in [4.78, 5) is 7.19. The van der Waals surface area contributed by atoms with E-state index in [-0.39, 0.29) is 5.41 Å². The van der Waals surface area contributed by atoms with E-state index >= 15 is 0 Å². The predicted octanol–water partition coefficient (Wildman–Crippen LogP) is 6.34. The Balaban J connectivity index is 1.56. The third-order valence-electron chi connectivity index (χ3n) is 7.13. The van der Waals surface area contributed by atoms with Gasteiger partial charge in [-0.3, -0.25) is 15.1 Å². The van der Waals surface area contributed by atoms with Gasteiger partial charge in [0.2, 0.25) is 0 Å². The molecule has 0 bridgehead atoms. The minimum atomic E-state index is -0.805. The number of aromatic nitrogens is 5. The number of aromatic amines is 3. The van der Waals surface area contributed by atoms with E-state index in [9.17, 15) is 5.11 Å². The monoisotopic (exact) mass is 504 g/mol. The van der Waals surface area contributed by atoms with Crippen LogP contribution in [0.2, 0.25) is 0 Å². The number of fused-ring (bicyclic) bond motifs is 2. The molecule has 0 saturated heterocycles. The van der Waals surface area contributed by atoms with Gasteiger partial charge in [0.05, 0.1) is 27.7 Å². The Morgan fingerprint density at radius 2 is 1.86 bits per heavy atom. The highest BCUT2D eigenvalue weighted by atomic mass is 32.1. The summed E-state index contributed by atoms with van der Waals surface area (Å²) in [6.07, 6.45) is 4.32. The van der Waals surface area contributed by atoms with Crippen molar-refractivity contribution in [1.82, 2.24) is 30.3 Å². The van der Waals surface area contributed by atoms with Crippen LogP contribution in [0.4, 0.5) is 0 Å². The maximum atomic E-state index is 10.7. The van der Waals surface area contributed by atoms with Crippen LogP contribution in [0.15, 0.2) is 36.7 Å².